The Labute approximate surface area is 216 Å². The van der Waals surface area contributed by atoms with Gasteiger partial charge >= 0.3 is 0 Å². The molecule has 4 aromatic carbocycles. The van der Waals surface area contributed by atoms with Gasteiger partial charge in [0.15, 0.2) is 0 Å². The number of benzene rings is 4. The van der Waals surface area contributed by atoms with Crippen molar-refractivity contribution in [2.24, 2.45) is 0 Å². The van der Waals surface area contributed by atoms with Crippen LogP contribution in [0.5, 0.6) is 5.75 Å². The summed E-state index contributed by atoms with van der Waals surface area (Å²) in [6.45, 7) is 1.78. The topological polar surface area (TPSA) is 87.7 Å². The second-order valence-corrected chi connectivity index (χ2v) is 10.5. The molecule has 0 unspecified atom stereocenters. The lowest BCUT2D eigenvalue weighted by Gasteiger charge is -2.19. The molecule has 8 heteroatoms. The number of amides is 1. The van der Waals surface area contributed by atoms with E-state index in [2.05, 4.69) is 39.2 Å². The molecule has 1 amide bonds. The lowest BCUT2D eigenvalue weighted by molar-refractivity contribution is 0.102. The van der Waals surface area contributed by atoms with E-state index in [9.17, 15) is 13.2 Å². The molecule has 0 saturated carbocycles. The Morgan fingerprint density at radius 2 is 1.54 bits per heavy atom. The molecule has 188 valence electrons. The van der Waals surface area contributed by atoms with Gasteiger partial charge in [0.25, 0.3) is 15.9 Å². The van der Waals surface area contributed by atoms with E-state index in [0.717, 1.165) is 25.1 Å². The van der Waals surface area contributed by atoms with Crippen LogP contribution >= 0.6 is 0 Å². The van der Waals surface area contributed by atoms with Crippen molar-refractivity contribution in [2.75, 3.05) is 28.6 Å². The van der Waals surface area contributed by atoms with E-state index < -0.39 is 10.0 Å². The van der Waals surface area contributed by atoms with Gasteiger partial charge in [0.05, 0.1) is 12.0 Å². The molecule has 1 heterocycles. The monoisotopic (exact) mass is 513 g/mol. The summed E-state index contributed by atoms with van der Waals surface area (Å²) >= 11 is 0. The average Bonchev–Trinajstić information content (AvgIpc) is 3.32. The summed E-state index contributed by atoms with van der Waals surface area (Å²) in [7, 11) is -2.23. The van der Waals surface area contributed by atoms with Crippen molar-refractivity contribution in [3.8, 4) is 5.75 Å². The molecule has 0 fully saturated rings. The van der Waals surface area contributed by atoms with E-state index in [1.807, 2.05) is 24.3 Å². The molecule has 7 nitrogen and oxygen atoms in total. The minimum absolute atomic E-state index is 0.0918. The highest BCUT2D eigenvalue weighted by molar-refractivity contribution is 7.92. The highest BCUT2D eigenvalue weighted by Crippen LogP contribution is 2.29. The van der Waals surface area contributed by atoms with Crippen molar-refractivity contribution in [1.29, 1.82) is 0 Å². The molecule has 2 N–H and O–H groups in total. The van der Waals surface area contributed by atoms with Crippen molar-refractivity contribution in [2.45, 2.75) is 17.9 Å². The van der Waals surface area contributed by atoms with Crippen LogP contribution in [0.4, 0.5) is 17.1 Å². The van der Waals surface area contributed by atoms with E-state index in [4.69, 9.17) is 4.74 Å². The number of carbonyl (C=O) groups excluding carboxylic acids is 1. The van der Waals surface area contributed by atoms with Gasteiger partial charge in [-0.05, 0) is 84.3 Å². The minimum Gasteiger partial charge on any atom is -0.497 e. The van der Waals surface area contributed by atoms with E-state index in [1.165, 1.54) is 23.4 Å². The summed E-state index contributed by atoms with van der Waals surface area (Å²) in [5.74, 6) is 0.375. The van der Waals surface area contributed by atoms with Crippen LogP contribution in [0, 0.1) is 0 Å². The summed E-state index contributed by atoms with van der Waals surface area (Å²) in [4.78, 5) is 15.2. The third kappa shape index (κ3) is 5.59. The fourth-order valence-corrected chi connectivity index (χ4v) is 5.41. The van der Waals surface area contributed by atoms with Crippen LogP contribution < -0.4 is 19.7 Å². The molecule has 0 spiro atoms. The maximum Gasteiger partial charge on any atom is 0.261 e. The number of para-hydroxylation sites is 1. The Balaban J connectivity index is 1.19. The normalized spacial score (nSPS) is 12.6. The SMILES string of the molecule is COc1ccc(NS(=O)(=O)c2ccc(NC(=O)c3ccc(CN4CCc5ccccc54)cc3)cc2)cc1. The maximum atomic E-state index is 12.7. The summed E-state index contributed by atoms with van der Waals surface area (Å²) in [6.07, 6.45) is 1.05. The van der Waals surface area contributed by atoms with Crippen LogP contribution in [0.2, 0.25) is 0 Å². The maximum absolute atomic E-state index is 12.7. The number of nitrogens with one attached hydrogen (secondary N) is 2. The van der Waals surface area contributed by atoms with Crippen LogP contribution in [0.15, 0.2) is 102 Å². The molecule has 0 saturated heterocycles. The standard InChI is InChI=1S/C29H27N3O4S/c1-36-26-14-10-25(11-15-26)31-37(34,35)27-16-12-24(13-17-27)30-29(33)23-8-6-21(7-9-23)20-32-19-18-22-4-2-3-5-28(22)32/h2-17,31H,18-20H2,1H3,(H,30,33). The van der Waals surface area contributed by atoms with Crippen LogP contribution in [0.25, 0.3) is 0 Å². The Hall–Kier alpha value is -4.30. The quantitative estimate of drug-likeness (QED) is 0.333. The molecule has 1 aliphatic heterocycles. The number of nitrogens with zero attached hydrogens (tertiary/aromatic N) is 1. The Bertz CT molecular complexity index is 1500. The molecular weight excluding hydrogens is 486 g/mol. The smallest absolute Gasteiger partial charge is 0.261 e. The lowest BCUT2D eigenvalue weighted by Crippen LogP contribution is -2.19. The first-order chi connectivity index (χ1) is 17.9. The zero-order valence-corrected chi connectivity index (χ0v) is 21.2. The summed E-state index contributed by atoms with van der Waals surface area (Å²) < 4.78 is 33.0. The predicted octanol–water partition coefficient (Wildman–Crippen LogP) is 5.31. The molecule has 1 aliphatic rings. The third-order valence-electron chi connectivity index (χ3n) is 6.34. The van der Waals surface area contributed by atoms with Gasteiger partial charge in [0.1, 0.15) is 5.75 Å². The highest BCUT2D eigenvalue weighted by Gasteiger charge is 2.18. The molecule has 37 heavy (non-hydrogen) atoms. The zero-order valence-electron chi connectivity index (χ0n) is 20.3. The van der Waals surface area contributed by atoms with E-state index >= 15 is 0 Å². The molecule has 0 aromatic heterocycles. The predicted molar refractivity (Wildman–Crippen MR) is 146 cm³/mol. The summed E-state index contributed by atoms with van der Waals surface area (Å²) in [6, 6.07) is 28.7. The van der Waals surface area contributed by atoms with E-state index in [0.29, 0.717) is 22.7 Å². The average molecular weight is 514 g/mol. The number of hydrogen-bond acceptors (Lipinski definition) is 5. The zero-order chi connectivity index (χ0) is 25.8. The first kappa shape index (κ1) is 24.4. The fourth-order valence-electron chi connectivity index (χ4n) is 4.35. The van der Waals surface area contributed by atoms with E-state index in [-0.39, 0.29) is 10.8 Å². The minimum atomic E-state index is -3.77. The van der Waals surface area contributed by atoms with Crippen molar-refractivity contribution in [1.82, 2.24) is 0 Å². The van der Waals surface area contributed by atoms with Crippen LogP contribution in [-0.4, -0.2) is 28.0 Å². The Kier molecular flexibility index (Phi) is 6.83. The Morgan fingerprint density at radius 1 is 0.865 bits per heavy atom. The number of hydrogen-bond donors (Lipinski definition) is 2. The van der Waals surface area contributed by atoms with Gasteiger partial charge in [0.2, 0.25) is 0 Å². The van der Waals surface area contributed by atoms with Gasteiger partial charge in [-0.2, -0.15) is 0 Å². The number of rotatable bonds is 8. The number of sulfonamides is 1. The number of methoxy groups -OCH3 is 1. The largest absolute Gasteiger partial charge is 0.497 e. The summed E-state index contributed by atoms with van der Waals surface area (Å²) in [5.41, 5.74) is 5.24. The van der Waals surface area contributed by atoms with Crippen molar-refractivity contribution in [3.63, 3.8) is 0 Å². The van der Waals surface area contributed by atoms with Crippen molar-refractivity contribution in [3.05, 3.63) is 114 Å². The van der Waals surface area contributed by atoms with Gasteiger partial charge in [0, 0.05) is 35.7 Å². The van der Waals surface area contributed by atoms with Gasteiger partial charge in [-0.25, -0.2) is 8.42 Å². The number of carbonyl (C=O) groups is 1. The molecule has 5 rings (SSSR count). The second-order valence-electron chi connectivity index (χ2n) is 8.81. The van der Waals surface area contributed by atoms with E-state index in [1.54, 1.807) is 43.5 Å². The first-order valence-electron chi connectivity index (χ1n) is 11.9. The van der Waals surface area contributed by atoms with Crippen LogP contribution in [0.1, 0.15) is 21.5 Å². The van der Waals surface area contributed by atoms with Gasteiger partial charge in [-0.3, -0.25) is 9.52 Å². The first-order valence-corrected chi connectivity index (χ1v) is 13.4. The molecule has 0 radical (unpaired) electrons. The number of ether oxygens (including phenoxy) is 1. The number of anilines is 3. The van der Waals surface area contributed by atoms with Crippen LogP contribution in [0.3, 0.4) is 0 Å². The molecule has 0 bridgehead atoms. The highest BCUT2D eigenvalue weighted by atomic mass is 32.2. The lowest BCUT2D eigenvalue weighted by atomic mass is 10.1. The Morgan fingerprint density at radius 3 is 2.24 bits per heavy atom. The van der Waals surface area contributed by atoms with Gasteiger partial charge in [-0.15, -0.1) is 0 Å². The second kappa shape index (κ2) is 10.4. The van der Waals surface area contributed by atoms with Crippen molar-refractivity contribution >= 4 is 33.0 Å². The van der Waals surface area contributed by atoms with Crippen molar-refractivity contribution < 1.29 is 17.9 Å². The van der Waals surface area contributed by atoms with Gasteiger partial charge in [-0.1, -0.05) is 30.3 Å². The van der Waals surface area contributed by atoms with Crippen LogP contribution in [-0.2, 0) is 23.0 Å². The molecule has 4 aromatic rings. The molecule has 0 atom stereocenters. The van der Waals surface area contributed by atoms with Gasteiger partial charge < -0.3 is 15.0 Å². The molecule has 0 aliphatic carbocycles. The fraction of sp³-hybridized carbons (Fsp3) is 0.138. The summed E-state index contributed by atoms with van der Waals surface area (Å²) in [5, 5.41) is 2.83. The number of fused-ring (bicyclic) bond motifs is 1. The third-order valence-corrected chi connectivity index (χ3v) is 7.73. The molecular formula is C29H27N3O4S.